The number of hydrogen-bond donors (Lipinski definition) is 1. The van der Waals surface area contributed by atoms with Gasteiger partial charge in [-0.2, -0.15) is 5.10 Å². The highest BCUT2D eigenvalue weighted by molar-refractivity contribution is 14.1. The predicted molar refractivity (Wildman–Crippen MR) is 161 cm³/mol. The number of nitro groups is 2. The van der Waals surface area contributed by atoms with Gasteiger partial charge in [-0.15, -0.1) is 0 Å². The van der Waals surface area contributed by atoms with Crippen LogP contribution in [0, 0.1) is 37.6 Å². The maximum Gasteiger partial charge on any atom is 0.318 e. The topological polar surface area (TPSA) is 151 Å². The van der Waals surface area contributed by atoms with Gasteiger partial charge < -0.3 is 14.0 Å². The summed E-state index contributed by atoms with van der Waals surface area (Å²) in [6, 6.07) is 15.4. The van der Waals surface area contributed by atoms with E-state index in [1.165, 1.54) is 13.3 Å². The summed E-state index contributed by atoms with van der Waals surface area (Å²) in [5.74, 6) is -0.334. The molecule has 0 unspecified atom stereocenters. The lowest BCUT2D eigenvalue weighted by Gasteiger charge is -2.13. The number of nitrogens with one attached hydrogen (secondary N) is 1. The first kappa shape index (κ1) is 29.5. The maximum absolute atomic E-state index is 12.7. The zero-order chi connectivity index (χ0) is 29.8. The number of aryl methyl sites for hydroxylation is 2. The molecule has 0 saturated carbocycles. The van der Waals surface area contributed by atoms with Crippen molar-refractivity contribution in [2.24, 2.45) is 5.10 Å². The van der Waals surface area contributed by atoms with Gasteiger partial charge in [0.05, 0.1) is 43.4 Å². The summed E-state index contributed by atoms with van der Waals surface area (Å²) in [7, 11) is 1.38. The summed E-state index contributed by atoms with van der Waals surface area (Å²) in [5, 5.41) is 26.8. The van der Waals surface area contributed by atoms with Crippen LogP contribution in [0.4, 0.5) is 11.4 Å². The van der Waals surface area contributed by atoms with E-state index in [1.54, 1.807) is 30.3 Å². The van der Waals surface area contributed by atoms with E-state index in [0.29, 0.717) is 9.13 Å². The normalized spacial score (nSPS) is 11.0. The predicted octanol–water partition coefficient (Wildman–Crippen LogP) is 6.73. The van der Waals surface area contributed by atoms with Crippen molar-refractivity contribution in [3.63, 3.8) is 0 Å². The van der Waals surface area contributed by atoms with Crippen molar-refractivity contribution >= 4 is 57.7 Å². The molecule has 1 N–H and O–H groups in total. The van der Waals surface area contributed by atoms with Gasteiger partial charge in [0.15, 0.2) is 11.5 Å². The van der Waals surface area contributed by atoms with Crippen molar-refractivity contribution < 1.29 is 24.1 Å². The van der Waals surface area contributed by atoms with Crippen molar-refractivity contribution in [3.8, 4) is 22.9 Å². The van der Waals surface area contributed by atoms with Gasteiger partial charge in [0.1, 0.15) is 0 Å². The van der Waals surface area contributed by atoms with E-state index in [4.69, 9.17) is 21.1 Å². The first-order chi connectivity index (χ1) is 19.5. The Hall–Kier alpha value is -4.50. The van der Waals surface area contributed by atoms with Crippen LogP contribution in [0.3, 0.4) is 0 Å². The number of nitrogens with zero attached hydrogens (tertiary/aromatic N) is 4. The van der Waals surface area contributed by atoms with Gasteiger partial charge in [0, 0.05) is 23.1 Å². The quantitative estimate of drug-likeness (QED) is 0.0885. The highest BCUT2D eigenvalue weighted by Gasteiger charge is 2.23. The van der Waals surface area contributed by atoms with Crippen LogP contribution >= 0.6 is 34.2 Å². The third kappa shape index (κ3) is 6.47. The smallest absolute Gasteiger partial charge is 0.318 e. The number of methoxy groups -OCH3 is 1. The Morgan fingerprint density at radius 3 is 2.32 bits per heavy atom. The largest absolute Gasteiger partial charge is 0.493 e. The standard InChI is InChI=1S/C27H21ClIN5O7/c1-15-4-5-16(2)32(15)18-6-8-20(21(28)12-18)27(35)31-30-14-17-10-22(29)26(25(11-17)40-3)41-24-9-7-19(33(36)37)13-23(24)34(38)39/h4-14H,1-3H3,(H,31,35)/b30-14-. The van der Waals surface area contributed by atoms with Crippen LogP contribution < -0.4 is 14.9 Å². The molecule has 0 aliphatic rings. The third-order valence-electron chi connectivity index (χ3n) is 5.92. The Bertz CT molecular complexity index is 1700. The van der Waals surface area contributed by atoms with Crippen LogP contribution in [0.5, 0.6) is 17.2 Å². The molecule has 1 heterocycles. The second kappa shape index (κ2) is 12.3. The molecular formula is C27H21ClIN5O7. The number of hydrazone groups is 1. The molecule has 210 valence electrons. The zero-order valence-corrected chi connectivity index (χ0v) is 24.7. The van der Waals surface area contributed by atoms with Crippen LogP contribution in [0.15, 0.2) is 65.8 Å². The lowest BCUT2D eigenvalue weighted by Crippen LogP contribution is -2.18. The molecule has 4 aromatic rings. The number of ether oxygens (including phenoxy) is 2. The van der Waals surface area contributed by atoms with Gasteiger partial charge in [-0.3, -0.25) is 25.0 Å². The van der Waals surface area contributed by atoms with E-state index >= 15 is 0 Å². The summed E-state index contributed by atoms with van der Waals surface area (Å²) in [5.41, 5.74) is 5.10. The Balaban J connectivity index is 1.52. The monoisotopic (exact) mass is 689 g/mol. The first-order valence-corrected chi connectivity index (χ1v) is 13.2. The van der Waals surface area contributed by atoms with Gasteiger partial charge in [0.25, 0.3) is 11.6 Å². The molecule has 41 heavy (non-hydrogen) atoms. The van der Waals surface area contributed by atoms with Crippen molar-refractivity contribution in [1.29, 1.82) is 0 Å². The summed E-state index contributed by atoms with van der Waals surface area (Å²) in [6.07, 6.45) is 1.38. The molecule has 14 heteroatoms. The molecule has 0 aliphatic carbocycles. The lowest BCUT2D eigenvalue weighted by molar-refractivity contribution is -0.394. The molecular weight excluding hydrogens is 669 g/mol. The van der Waals surface area contributed by atoms with Gasteiger partial charge in [0.2, 0.25) is 5.75 Å². The minimum Gasteiger partial charge on any atom is -0.493 e. The van der Waals surface area contributed by atoms with Gasteiger partial charge in [-0.05, 0) is 90.5 Å². The zero-order valence-electron chi connectivity index (χ0n) is 21.8. The number of non-ortho nitro benzene ring substituents is 1. The minimum atomic E-state index is -0.770. The van der Waals surface area contributed by atoms with E-state index in [1.807, 2.05) is 53.1 Å². The van der Waals surface area contributed by atoms with Crippen molar-refractivity contribution in [2.75, 3.05) is 7.11 Å². The maximum atomic E-state index is 12.7. The number of amides is 1. The van der Waals surface area contributed by atoms with Crippen LogP contribution in [-0.4, -0.2) is 33.6 Å². The fourth-order valence-corrected chi connectivity index (χ4v) is 5.00. The molecule has 0 bridgehead atoms. The molecule has 0 fully saturated rings. The number of carbonyl (C=O) groups is 1. The molecule has 3 aromatic carbocycles. The molecule has 0 aliphatic heterocycles. The molecule has 0 atom stereocenters. The van der Waals surface area contributed by atoms with E-state index in [2.05, 4.69) is 10.5 Å². The van der Waals surface area contributed by atoms with E-state index in [0.717, 1.165) is 35.3 Å². The summed E-state index contributed by atoms with van der Waals surface area (Å²) >= 11 is 8.36. The molecule has 4 rings (SSSR count). The van der Waals surface area contributed by atoms with Crippen molar-refractivity contribution in [1.82, 2.24) is 9.99 Å². The number of rotatable bonds is 9. The van der Waals surface area contributed by atoms with Crippen LogP contribution in [0.25, 0.3) is 5.69 Å². The van der Waals surface area contributed by atoms with Gasteiger partial charge >= 0.3 is 5.69 Å². The fourth-order valence-electron chi connectivity index (χ4n) is 4.00. The summed E-state index contributed by atoms with van der Waals surface area (Å²) in [6.45, 7) is 3.95. The van der Waals surface area contributed by atoms with Crippen molar-refractivity contribution in [3.05, 3.63) is 112 Å². The third-order valence-corrected chi connectivity index (χ3v) is 7.03. The average Bonchev–Trinajstić information content (AvgIpc) is 3.27. The van der Waals surface area contributed by atoms with Crippen LogP contribution in [0.1, 0.15) is 27.3 Å². The molecule has 0 saturated heterocycles. The number of carbonyl (C=O) groups excluding carboxylic acids is 1. The fraction of sp³-hybridized carbons (Fsp3) is 0.111. The number of hydrogen-bond acceptors (Lipinski definition) is 8. The molecule has 0 spiro atoms. The Labute approximate surface area is 252 Å². The lowest BCUT2D eigenvalue weighted by atomic mass is 10.2. The SMILES string of the molecule is COc1cc(/C=N\NC(=O)c2ccc(-n3c(C)ccc3C)cc2Cl)cc(I)c1Oc1ccc([N+](=O)[O-])cc1[N+](=O)[O-]. The number of nitro benzene ring substituents is 2. The van der Waals surface area contributed by atoms with Gasteiger partial charge in [-0.1, -0.05) is 11.6 Å². The number of halogens is 2. The minimum absolute atomic E-state index is 0.159. The average molecular weight is 690 g/mol. The highest BCUT2D eigenvalue weighted by Crippen LogP contribution is 2.41. The highest BCUT2D eigenvalue weighted by atomic mass is 127. The molecule has 0 radical (unpaired) electrons. The number of aromatic nitrogens is 1. The Morgan fingerprint density at radius 2 is 1.71 bits per heavy atom. The Morgan fingerprint density at radius 1 is 1.00 bits per heavy atom. The number of benzene rings is 3. The van der Waals surface area contributed by atoms with E-state index in [-0.39, 0.29) is 27.8 Å². The van der Waals surface area contributed by atoms with Crippen LogP contribution in [0.2, 0.25) is 5.02 Å². The summed E-state index contributed by atoms with van der Waals surface area (Å²) in [4.78, 5) is 33.7. The van der Waals surface area contributed by atoms with E-state index in [9.17, 15) is 25.0 Å². The Kier molecular flexibility index (Phi) is 8.88. The van der Waals surface area contributed by atoms with Crippen LogP contribution in [-0.2, 0) is 0 Å². The second-order valence-corrected chi connectivity index (χ2v) is 10.2. The van der Waals surface area contributed by atoms with Crippen molar-refractivity contribution in [2.45, 2.75) is 13.8 Å². The molecule has 1 aromatic heterocycles. The first-order valence-electron chi connectivity index (χ1n) is 11.8. The summed E-state index contributed by atoms with van der Waals surface area (Å²) < 4.78 is 13.7. The molecule has 1 amide bonds. The second-order valence-electron chi connectivity index (χ2n) is 8.62. The van der Waals surface area contributed by atoms with Gasteiger partial charge in [-0.25, -0.2) is 5.43 Å². The molecule has 12 nitrogen and oxygen atoms in total. The van der Waals surface area contributed by atoms with E-state index < -0.39 is 27.1 Å².